The summed E-state index contributed by atoms with van der Waals surface area (Å²) in [6.45, 7) is 1.37. The van der Waals surface area contributed by atoms with E-state index in [2.05, 4.69) is 33.5 Å². The largest absolute Gasteiger partial charge is 0.338 e. The molecule has 3 aromatic carbocycles. The van der Waals surface area contributed by atoms with Gasteiger partial charge in [-0.05, 0) is 71.1 Å². The molecule has 0 radical (unpaired) electrons. The van der Waals surface area contributed by atoms with Crippen LogP contribution in [-0.4, -0.2) is 42.9 Å². The first-order valence-electron chi connectivity index (χ1n) is 13.4. The van der Waals surface area contributed by atoms with Gasteiger partial charge in [0.05, 0.1) is 5.54 Å². The highest BCUT2D eigenvalue weighted by Gasteiger charge is 2.37. The fraction of sp³-hybridized carbons (Fsp3) is 0.323. The number of amides is 2. The Hall–Kier alpha value is -3.59. The molecular formula is C31H34N4O3S. The minimum atomic E-state index is -0.925. The Morgan fingerprint density at radius 1 is 1.00 bits per heavy atom. The van der Waals surface area contributed by atoms with Gasteiger partial charge in [0.2, 0.25) is 12.3 Å². The van der Waals surface area contributed by atoms with Crippen LogP contribution >= 0.6 is 11.3 Å². The molecule has 2 atom stereocenters. The van der Waals surface area contributed by atoms with Crippen molar-refractivity contribution in [3.63, 3.8) is 0 Å². The van der Waals surface area contributed by atoms with Crippen molar-refractivity contribution in [2.75, 3.05) is 13.1 Å². The number of nitrogens with one attached hydrogen (secondary N) is 3. The average Bonchev–Trinajstić information content (AvgIpc) is 3.36. The topological polar surface area (TPSA) is 113 Å². The van der Waals surface area contributed by atoms with Crippen LogP contribution in [0.25, 0.3) is 20.9 Å². The highest BCUT2D eigenvalue weighted by molar-refractivity contribution is 7.17. The Bertz CT molecular complexity index is 1480. The van der Waals surface area contributed by atoms with Crippen LogP contribution in [0.3, 0.4) is 0 Å². The van der Waals surface area contributed by atoms with E-state index in [1.54, 1.807) is 11.3 Å². The molecule has 39 heavy (non-hydrogen) atoms. The van der Waals surface area contributed by atoms with Crippen molar-refractivity contribution in [1.82, 2.24) is 16.0 Å². The van der Waals surface area contributed by atoms with Gasteiger partial charge in [-0.15, -0.1) is 11.3 Å². The van der Waals surface area contributed by atoms with Crippen molar-refractivity contribution >= 4 is 50.3 Å². The first-order chi connectivity index (χ1) is 18.9. The zero-order valence-electron chi connectivity index (χ0n) is 21.8. The molecule has 5 N–H and O–H groups in total. The molecule has 2 heterocycles. The molecule has 0 unspecified atom stereocenters. The van der Waals surface area contributed by atoms with Crippen LogP contribution in [0, 0.1) is 5.92 Å². The highest BCUT2D eigenvalue weighted by Crippen LogP contribution is 2.30. The quantitative estimate of drug-likeness (QED) is 0.171. The van der Waals surface area contributed by atoms with Gasteiger partial charge in [-0.1, -0.05) is 60.7 Å². The van der Waals surface area contributed by atoms with Gasteiger partial charge in [-0.2, -0.15) is 0 Å². The predicted octanol–water partition coefficient (Wildman–Crippen LogP) is 3.68. The summed E-state index contributed by atoms with van der Waals surface area (Å²) in [5.41, 5.74) is 7.63. The molecule has 1 aromatic heterocycles. The molecule has 0 bridgehead atoms. The molecule has 1 aliphatic rings. The Balaban J connectivity index is 1.36. The molecule has 4 aromatic rings. The monoisotopic (exact) mass is 542 g/mol. The highest BCUT2D eigenvalue weighted by atomic mass is 32.1. The van der Waals surface area contributed by atoms with E-state index in [1.807, 2.05) is 54.6 Å². The van der Waals surface area contributed by atoms with Crippen LogP contribution in [0.15, 0.2) is 72.1 Å². The number of nitrogens with two attached hydrogens (primary N) is 1. The van der Waals surface area contributed by atoms with Gasteiger partial charge < -0.3 is 21.7 Å². The van der Waals surface area contributed by atoms with Crippen molar-refractivity contribution in [3.8, 4) is 0 Å². The van der Waals surface area contributed by atoms with Gasteiger partial charge in [0, 0.05) is 23.5 Å². The van der Waals surface area contributed by atoms with Gasteiger partial charge >= 0.3 is 0 Å². The second-order valence-corrected chi connectivity index (χ2v) is 11.3. The van der Waals surface area contributed by atoms with Crippen LogP contribution < -0.4 is 21.7 Å². The van der Waals surface area contributed by atoms with Crippen molar-refractivity contribution < 1.29 is 14.4 Å². The van der Waals surface area contributed by atoms with Gasteiger partial charge in [-0.25, -0.2) is 0 Å². The Labute approximate surface area is 232 Å². The van der Waals surface area contributed by atoms with Crippen molar-refractivity contribution in [3.05, 3.63) is 83.2 Å². The minimum absolute atomic E-state index is 0.0519. The van der Waals surface area contributed by atoms with E-state index in [4.69, 9.17) is 5.73 Å². The standard InChI is InChI=1S/C31H34N4O3S/c32-31(11-13-33-14-12-31)28(37)18-24(17-25-19-39-27-8-4-3-7-26(25)27)30(38)35-29(34-20-36)16-21-9-10-22-5-1-2-6-23(22)15-21/h1-10,15,19-20,24,29,33H,11-14,16-18,32H2,(H,34,36)(H,35,38)/t24-,29+/m0/s1. The Kier molecular flexibility index (Phi) is 8.35. The van der Waals surface area contributed by atoms with Crippen molar-refractivity contribution in [1.29, 1.82) is 0 Å². The van der Waals surface area contributed by atoms with Gasteiger partial charge in [-0.3, -0.25) is 14.4 Å². The summed E-state index contributed by atoms with van der Waals surface area (Å²) in [4.78, 5) is 38.7. The lowest BCUT2D eigenvalue weighted by molar-refractivity contribution is -0.132. The van der Waals surface area contributed by atoms with Crippen LogP contribution in [0.2, 0.25) is 0 Å². The van der Waals surface area contributed by atoms with E-state index in [-0.39, 0.29) is 18.1 Å². The summed E-state index contributed by atoms with van der Waals surface area (Å²) in [6.07, 6.45) is 1.98. The third kappa shape index (κ3) is 6.36. The molecule has 5 rings (SSSR count). The normalized spacial score (nSPS) is 16.4. The van der Waals surface area contributed by atoms with E-state index in [1.165, 1.54) is 0 Å². The smallest absolute Gasteiger partial charge is 0.225 e. The number of ketones is 1. The van der Waals surface area contributed by atoms with Gasteiger partial charge in [0.15, 0.2) is 5.78 Å². The number of carbonyl (C=O) groups is 3. The van der Waals surface area contributed by atoms with Crippen LogP contribution in [0.4, 0.5) is 0 Å². The summed E-state index contributed by atoms with van der Waals surface area (Å²) in [7, 11) is 0. The number of piperidine rings is 1. The molecule has 1 aliphatic heterocycles. The van der Waals surface area contributed by atoms with E-state index in [0.717, 1.165) is 32.0 Å². The summed E-state index contributed by atoms with van der Waals surface area (Å²) in [5.74, 6) is -0.965. The summed E-state index contributed by atoms with van der Waals surface area (Å²) in [6, 6.07) is 22.2. The molecule has 0 aliphatic carbocycles. The maximum Gasteiger partial charge on any atom is 0.225 e. The number of fused-ring (bicyclic) bond motifs is 2. The molecule has 8 heteroatoms. The number of thiophene rings is 1. The Morgan fingerprint density at radius 3 is 2.54 bits per heavy atom. The molecule has 202 valence electrons. The number of hydrogen-bond acceptors (Lipinski definition) is 6. The maximum atomic E-state index is 13.7. The lowest BCUT2D eigenvalue weighted by Gasteiger charge is -2.33. The predicted molar refractivity (Wildman–Crippen MR) is 156 cm³/mol. The number of benzene rings is 3. The first-order valence-corrected chi connectivity index (χ1v) is 14.3. The molecule has 7 nitrogen and oxygen atoms in total. The maximum absolute atomic E-state index is 13.7. The zero-order valence-corrected chi connectivity index (χ0v) is 22.6. The first kappa shape index (κ1) is 27.0. The SMILES string of the molecule is NC1(C(=O)C[C@H](Cc2csc3ccccc23)C(=O)N[C@H](Cc2ccc3ccccc3c2)NC=O)CCNCC1. The van der Waals surface area contributed by atoms with Gasteiger partial charge in [0.25, 0.3) is 0 Å². The minimum Gasteiger partial charge on any atom is -0.338 e. The molecule has 1 fully saturated rings. The number of rotatable bonds is 11. The molecule has 0 spiro atoms. The summed E-state index contributed by atoms with van der Waals surface area (Å²) in [5, 5.41) is 14.4. The van der Waals surface area contributed by atoms with Crippen LogP contribution in [0.1, 0.15) is 30.4 Å². The number of hydrogen-bond donors (Lipinski definition) is 4. The van der Waals surface area contributed by atoms with Crippen LogP contribution in [0.5, 0.6) is 0 Å². The summed E-state index contributed by atoms with van der Waals surface area (Å²) >= 11 is 1.63. The average molecular weight is 543 g/mol. The van der Waals surface area contributed by atoms with E-state index < -0.39 is 17.6 Å². The molecule has 1 saturated heterocycles. The second-order valence-electron chi connectivity index (χ2n) is 10.4. The van der Waals surface area contributed by atoms with Crippen molar-refractivity contribution in [2.45, 2.75) is 43.8 Å². The third-order valence-electron chi connectivity index (χ3n) is 7.72. The fourth-order valence-electron chi connectivity index (χ4n) is 5.42. The van der Waals surface area contributed by atoms with Crippen LogP contribution in [-0.2, 0) is 27.2 Å². The lowest BCUT2D eigenvalue weighted by Crippen LogP contribution is -2.56. The summed E-state index contributed by atoms with van der Waals surface area (Å²) < 4.78 is 1.14. The fourth-order valence-corrected chi connectivity index (χ4v) is 6.39. The third-order valence-corrected chi connectivity index (χ3v) is 8.73. The zero-order chi connectivity index (χ0) is 27.2. The lowest BCUT2D eigenvalue weighted by atomic mass is 9.80. The second kappa shape index (κ2) is 12.1. The number of carbonyl (C=O) groups excluding carboxylic acids is 3. The van der Waals surface area contributed by atoms with E-state index in [0.29, 0.717) is 45.2 Å². The molecule has 2 amide bonds. The number of Topliss-reactive ketones (excluding diaryl/α,β-unsaturated/α-hetero) is 1. The van der Waals surface area contributed by atoms with Crippen molar-refractivity contribution in [2.24, 2.45) is 11.7 Å². The molecule has 0 saturated carbocycles. The Morgan fingerprint density at radius 2 is 1.74 bits per heavy atom. The molecular weight excluding hydrogens is 508 g/mol. The van der Waals surface area contributed by atoms with E-state index >= 15 is 0 Å². The van der Waals surface area contributed by atoms with E-state index in [9.17, 15) is 14.4 Å². The van der Waals surface area contributed by atoms with Gasteiger partial charge in [0.1, 0.15) is 6.17 Å².